The van der Waals surface area contributed by atoms with Gasteiger partial charge in [-0.2, -0.15) is 0 Å². The van der Waals surface area contributed by atoms with Crippen molar-refractivity contribution in [2.75, 3.05) is 0 Å². The van der Waals surface area contributed by atoms with Gasteiger partial charge in [0, 0.05) is 9.52 Å². The SMILES string of the molecule is C[SiH2]Cc1ccc(OC(=O)OC(C)(C)C)cc1. The molecular weight excluding hydrogens is 232 g/mol. The summed E-state index contributed by atoms with van der Waals surface area (Å²) in [6.07, 6.45) is -0.657. The van der Waals surface area contributed by atoms with Crippen molar-refractivity contribution in [2.45, 2.75) is 39.0 Å². The Morgan fingerprint density at radius 2 is 1.82 bits per heavy atom. The number of rotatable bonds is 3. The molecule has 0 aromatic heterocycles. The molecule has 17 heavy (non-hydrogen) atoms. The first-order chi connectivity index (χ1) is 7.90. The topological polar surface area (TPSA) is 35.5 Å². The van der Waals surface area contributed by atoms with E-state index in [0.29, 0.717) is 5.75 Å². The van der Waals surface area contributed by atoms with Crippen LogP contribution in [0.5, 0.6) is 5.75 Å². The van der Waals surface area contributed by atoms with Crippen LogP contribution in [0.15, 0.2) is 24.3 Å². The first kappa shape index (κ1) is 13.8. The standard InChI is InChI=1S/C13H20O3Si/c1-13(2,3)16-12(14)15-11-7-5-10(6-8-11)9-17-4/h5-8H,9,17H2,1-4H3. The highest BCUT2D eigenvalue weighted by Crippen LogP contribution is 2.15. The monoisotopic (exact) mass is 252 g/mol. The molecule has 0 unspecified atom stereocenters. The molecule has 0 heterocycles. The number of carbonyl (C=O) groups excluding carboxylic acids is 1. The van der Waals surface area contributed by atoms with Crippen molar-refractivity contribution in [1.82, 2.24) is 0 Å². The summed E-state index contributed by atoms with van der Waals surface area (Å²) >= 11 is 0. The maximum Gasteiger partial charge on any atom is 0.514 e. The number of benzene rings is 1. The van der Waals surface area contributed by atoms with Gasteiger partial charge in [-0.3, -0.25) is 0 Å². The van der Waals surface area contributed by atoms with Gasteiger partial charge < -0.3 is 9.47 Å². The van der Waals surface area contributed by atoms with Gasteiger partial charge in [0.2, 0.25) is 0 Å². The molecular formula is C13H20O3Si. The Balaban J connectivity index is 2.54. The molecule has 1 aromatic carbocycles. The average molecular weight is 252 g/mol. The van der Waals surface area contributed by atoms with Crippen LogP contribution in [0.1, 0.15) is 26.3 Å². The summed E-state index contributed by atoms with van der Waals surface area (Å²) in [7, 11) is 0.0260. The maximum atomic E-state index is 11.4. The second kappa shape index (κ2) is 5.86. The van der Waals surface area contributed by atoms with Gasteiger partial charge in [-0.1, -0.05) is 24.2 Å². The molecule has 4 heteroatoms. The highest BCUT2D eigenvalue weighted by atomic mass is 28.2. The van der Waals surface area contributed by atoms with E-state index in [1.807, 2.05) is 45.0 Å². The van der Waals surface area contributed by atoms with Crippen LogP contribution < -0.4 is 4.74 Å². The Labute approximate surface area is 105 Å². The first-order valence-electron chi connectivity index (χ1n) is 5.90. The molecule has 0 aliphatic heterocycles. The van der Waals surface area contributed by atoms with E-state index in [-0.39, 0.29) is 9.52 Å². The molecule has 0 amide bonds. The van der Waals surface area contributed by atoms with Crippen LogP contribution >= 0.6 is 0 Å². The van der Waals surface area contributed by atoms with E-state index in [0.717, 1.165) is 0 Å². The predicted octanol–water partition coefficient (Wildman–Crippen LogP) is 2.72. The molecule has 0 atom stereocenters. The molecule has 0 aliphatic carbocycles. The molecule has 0 radical (unpaired) electrons. The van der Waals surface area contributed by atoms with Gasteiger partial charge in [0.05, 0.1) is 0 Å². The van der Waals surface area contributed by atoms with Gasteiger partial charge >= 0.3 is 6.16 Å². The summed E-state index contributed by atoms with van der Waals surface area (Å²) in [5.41, 5.74) is 0.779. The van der Waals surface area contributed by atoms with Gasteiger partial charge in [0.1, 0.15) is 11.4 Å². The fourth-order valence-corrected chi connectivity index (χ4v) is 2.29. The zero-order chi connectivity index (χ0) is 12.9. The van der Waals surface area contributed by atoms with Crippen LogP contribution in [0.3, 0.4) is 0 Å². The molecule has 0 N–H and O–H groups in total. The lowest BCUT2D eigenvalue weighted by Gasteiger charge is -2.18. The Kier molecular flexibility index (Phi) is 4.75. The van der Waals surface area contributed by atoms with E-state index in [1.165, 1.54) is 11.6 Å². The lowest BCUT2D eigenvalue weighted by molar-refractivity contribution is 0.0206. The molecule has 0 spiro atoms. The quantitative estimate of drug-likeness (QED) is 0.471. The van der Waals surface area contributed by atoms with Crippen LogP contribution in [0, 0.1) is 0 Å². The molecule has 0 aliphatic rings. The Bertz CT molecular complexity index is 365. The summed E-state index contributed by atoms with van der Waals surface area (Å²) in [6.45, 7) is 7.70. The smallest absolute Gasteiger partial charge is 0.428 e. The van der Waals surface area contributed by atoms with E-state index in [4.69, 9.17) is 9.47 Å². The van der Waals surface area contributed by atoms with Crippen LogP contribution in [0.25, 0.3) is 0 Å². The Hall–Kier alpha value is -1.29. The second-order valence-electron chi connectivity index (χ2n) is 4.96. The van der Waals surface area contributed by atoms with Crippen LogP contribution in [-0.4, -0.2) is 21.3 Å². The van der Waals surface area contributed by atoms with E-state index >= 15 is 0 Å². The second-order valence-corrected chi connectivity index (χ2v) is 6.46. The van der Waals surface area contributed by atoms with Gasteiger partial charge in [-0.25, -0.2) is 4.79 Å². The van der Waals surface area contributed by atoms with E-state index in [1.54, 1.807) is 0 Å². The highest BCUT2D eigenvalue weighted by Gasteiger charge is 2.17. The molecule has 1 rings (SSSR count). The highest BCUT2D eigenvalue weighted by molar-refractivity contribution is 6.32. The largest absolute Gasteiger partial charge is 0.514 e. The van der Waals surface area contributed by atoms with E-state index < -0.39 is 11.8 Å². The summed E-state index contributed by atoms with van der Waals surface area (Å²) < 4.78 is 10.1. The minimum absolute atomic E-state index is 0.0260. The van der Waals surface area contributed by atoms with Crippen molar-refractivity contribution in [3.05, 3.63) is 29.8 Å². The number of carbonyl (C=O) groups is 1. The van der Waals surface area contributed by atoms with Crippen LogP contribution in [0.2, 0.25) is 6.55 Å². The van der Waals surface area contributed by atoms with Gasteiger partial charge in [-0.15, -0.1) is 0 Å². The van der Waals surface area contributed by atoms with Crippen LogP contribution in [0.4, 0.5) is 4.79 Å². The van der Waals surface area contributed by atoms with Crippen molar-refractivity contribution in [1.29, 1.82) is 0 Å². The Morgan fingerprint density at radius 1 is 1.24 bits per heavy atom. The minimum Gasteiger partial charge on any atom is -0.428 e. The van der Waals surface area contributed by atoms with Crippen molar-refractivity contribution in [3.63, 3.8) is 0 Å². The Morgan fingerprint density at radius 3 is 2.29 bits per heavy atom. The van der Waals surface area contributed by atoms with Gasteiger partial charge in [-0.05, 0) is 38.9 Å². The zero-order valence-electron chi connectivity index (χ0n) is 10.9. The molecule has 3 nitrogen and oxygen atoms in total. The normalized spacial score (nSPS) is 11.8. The minimum atomic E-state index is -0.657. The summed E-state index contributed by atoms with van der Waals surface area (Å²) in [5.74, 6) is 0.528. The number of hydrogen-bond donors (Lipinski definition) is 0. The van der Waals surface area contributed by atoms with Crippen LogP contribution in [-0.2, 0) is 10.8 Å². The summed E-state index contributed by atoms with van der Waals surface area (Å²) in [4.78, 5) is 11.4. The molecule has 0 fully saturated rings. The number of hydrogen-bond acceptors (Lipinski definition) is 3. The van der Waals surface area contributed by atoms with Crippen molar-refractivity contribution in [2.24, 2.45) is 0 Å². The fraction of sp³-hybridized carbons (Fsp3) is 0.462. The predicted molar refractivity (Wildman–Crippen MR) is 71.4 cm³/mol. The molecule has 0 saturated carbocycles. The zero-order valence-corrected chi connectivity index (χ0v) is 12.4. The number of ether oxygens (including phenoxy) is 2. The third-order valence-electron chi connectivity index (χ3n) is 2.05. The molecule has 0 saturated heterocycles. The van der Waals surface area contributed by atoms with Gasteiger partial charge in [0.25, 0.3) is 0 Å². The molecule has 1 aromatic rings. The van der Waals surface area contributed by atoms with E-state index in [2.05, 4.69) is 6.55 Å². The van der Waals surface area contributed by atoms with E-state index in [9.17, 15) is 4.79 Å². The molecule has 0 bridgehead atoms. The van der Waals surface area contributed by atoms with Crippen molar-refractivity contribution < 1.29 is 14.3 Å². The van der Waals surface area contributed by atoms with Crippen molar-refractivity contribution in [3.8, 4) is 5.75 Å². The average Bonchev–Trinajstić information content (AvgIpc) is 2.18. The third-order valence-corrected chi connectivity index (χ3v) is 3.13. The third kappa shape index (κ3) is 5.54. The lowest BCUT2D eigenvalue weighted by Crippen LogP contribution is -2.25. The lowest BCUT2D eigenvalue weighted by atomic mass is 10.2. The van der Waals surface area contributed by atoms with Gasteiger partial charge in [0.15, 0.2) is 0 Å². The first-order valence-corrected chi connectivity index (χ1v) is 8.32. The fourth-order valence-electron chi connectivity index (χ4n) is 1.38. The maximum absolute atomic E-state index is 11.4. The molecule has 94 valence electrons. The summed E-state index contributed by atoms with van der Waals surface area (Å²) in [5, 5.41) is 0. The summed E-state index contributed by atoms with van der Waals surface area (Å²) in [6, 6.07) is 8.78. The van der Waals surface area contributed by atoms with Crippen molar-refractivity contribution >= 4 is 15.7 Å².